The zero-order valence-electron chi connectivity index (χ0n) is 9.10. The van der Waals surface area contributed by atoms with Crippen molar-refractivity contribution in [1.82, 2.24) is 5.32 Å². The van der Waals surface area contributed by atoms with E-state index in [4.69, 9.17) is 11.6 Å². The van der Waals surface area contributed by atoms with E-state index >= 15 is 0 Å². The molecule has 0 amide bonds. The molecule has 0 radical (unpaired) electrons. The van der Waals surface area contributed by atoms with Gasteiger partial charge in [0, 0.05) is 25.7 Å². The summed E-state index contributed by atoms with van der Waals surface area (Å²) in [5, 5.41) is 4.08. The van der Waals surface area contributed by atoms with Gasteiger partial charge in [0.15, 0.2) is 0 Å². The summed E-state index contributed by atoms with van der Waals surface area (Å²) in [5.41, 5.74) is 2.17. The van der Waals surface area contributed by atoms with Crippen LogP contribution in [0.3, 0.4) is 0 Å². The van der Waals surface area contributed by atoms with Gasteiger partial charge in [0.05, 0.1) is 10.7 Å². The van der Waals surface area contributed by atoms with Crippen LogP contribution in [0.15, 0.2) is 6.07 Å². The summed E-state index contributed by atoms with van der Waals surface area (Å²) in [6.45, 7) is 7.26. The van der Waals surface area contributed by atoms with Gasteiger partial charge in [0.2, 0.25) is 0 Å². The molecule has 80 valence electrons. The van der Waals surface area contributed by atoms with Crippen molar-refractivity contribution < 1.29 is 0 Å². The van der Waals surface area contributed by atoms with E-state index in [1.54, 1.807) is 0 Å². The lowest BCUT2D eigenvalue weighted by atomic mass is 10.2. The average molecular weight is 223 g/mol. The highest BCUT2D eigenvalue weighted by molar-refractivity contribution is 6.31. The Balaban J connectivity index is 2.18. The Kier molecular flexibility index (Phi) is 3.04. The second-order valence-corrected chi connectivity index (χ2v) is 4.46. The van der Waals surface area contributed by atoms with Gasteiger partial charge in [-0.05, 0) is 37.6 Å². The molecule has 0 saturated carbocycles. The molecule has 0 aromatic heterocycles. The molecular formula is C12H15ClN2. The third kappa shape index (κ3) is 2.37. The quantitative estimate of drug-likeness (QED) is 0.783. The van der Waals surface area contributed by atoms with Gasteiger partial charge in [-0.15, -0.1) is 0 Å². The van der Waals surface area contributed by atoms with Gasteiger partial charge in [-0.1, -0.05) is 11.6 Å². The number of anilines is 1. The van der Waals surface area contributed by atoms with Crippen LogP contribution in [0.5, 0.6) is 0 Å². The van der Waals surface area contributed by atoms with E-state index < -0.39 is 0 Å². The molecule has 0 spiro atoms. The van der Waals surface area contributed by atoms with Crippen LogP contribution in [0.2, 0.25) is 5.02 Å². The molecule has 1 atom stereocenters. The highest BCUT2D eigenvalue weighted by atomic mass is 35.5. The smallest absolute Gasteiger partial charge is 0.0938 e. The Labute approximate surface area is 96.2 Å². The first-order chi connectivity index (χ1) is 7.16. The average Bonchev–Trinajstić information content (AvgIpc) is 2.22. The van der Waals surface area contributed by atoms with Crippen LogP contribution in [-0.4, -0.2) is 25.7 Å². The fourth-order valence-corrected chi connectivity index (χ4v) is 1.95. The van der Waals surface area contributed by atoms with E-state index in [-0.39, 0.29) is 0 Å². The first-order valence-electron chi connectivity index (χ1n) is 5.25. The predicted molar refractivity (Wildman–Crippen MR) is 63.5 cm³/mol. The molecular weight excluding hydrogens is 208 g/mol. The summed E-state index contributed by atoms with van der Waals surface area (Å²) in [6.07, 6.45) is 0. The van der Waals surface area contributed by atoms with Crippen molar-refractivity contribution in [3.8, 4) is 0 Å². The number of piperazine rings is 1. The second kappa shape index (κ2) is 4.30. The molecule has 1 heterocycles. The van der Waals surface area contributed by atoms with Gasteiger partial charge in [-0.2, -0.15) is 0 Å². The molecule has 0 aliphatic carbocycles. The van der Waals surface area contributed by atoms with Gasteiger partial charge < -0.3 is 10.2 Å². The van der Waals surface area contributed by atoms with Crippen LogP contribution >= 0.6 is 11.6 Å². The summed E-state index contributed by atoms with van der Waals surface area (Å²) >= 11 is 5.93. The van der Waals surface area contributed by atoms with Crippen molar-refractivity contribution >= 4 is 17.3 Å². The normalized spacial score (nSPS) is 21.3. The Morgan fingerprint density at radius 3 is 3.00 bits per heavy atom. The van der Waals surface area contributed by atoms with E-state index in [2.05, 4.69) is 35.3 Å². The van der Waals surface area contributed by atoms with Crippen molar-refractivity contribution in [2.45, 2.75) is 19.9 Å². The second-order valence-electron chi connectivity index (χ2n) is 4.08. The molecule has 1 saturated heterocycles. The number of hydrogen-bond acceptors (Lipinski definition) is 2. The summed E-state index contributed by atoms with van der Waals surface area (Å²) < 4.78 is 0. The van der Waals surface area contributed by atoms with E-state index in [0.29, 0.717) is 11.1 Å². The van der Waals surface area contributed by atoms with Gasteiger partial charge in [-0.25, -0.2) is 0 Å². The van der Waals surface area contributed by atoms with Gasteiger partial charge in [-0.3, -0.25) is 0 Å². The maximum Gasteiger partial charge on any atom is 0.0938 e. The number of nitrogens with zero attached hydrogens (tertiary/aromatic N) is 1. The monoisotopic (exact) mass is 222 g/mol. The number of rotatable bonds is 1. The standard InChI is InChI=1S/C12H15ClN2/c1-9-7-11(3-4-12(9)13)15-6-5-14-10(2)8-15/h7,10,14H,5-6,8H2,1-2H3/t10-/m1/s1. The van der Waals surface area contributed by atoms with Gasteiger partial charge in [0.1, 0.15) is 0 Å². The summed E-state index contributed by atoms with van der Waals surface area (Å²) in [6, 6.07) is 8.68. The fourth-order valence-electron chi connectivity index (χ4n) is 1.84. The summed E-state index contributed by atoms with van der Waals surface area (Å²) in [4.78, 5) is 2.32. The van der Waals surface area contributed by atoms with E-state index in [1.807, 2.05) is 6.92 Å². The molecule has 1 N–H and O–H groups in total. The number of halogens is 1. The van der Waals surface area contributed by atoms with E-state index in [1.165, 1.54) is 0 Å². The van der Waals surface area contributed by atoms with Gasteiger partial charge in [0.25, 0.3) is 0 Å². The highest BCUT2D eigenvalue weighted by Gasteiger charge is 2.16. The Hall–Kier alpha value is -0.910. The van der Waals surface area contributed by atoms with Crippen LogP contribution in [-0.2, 0) is 0 Å². The SMILES string of the molecule is Cc1cc(N2CCN[C@H](C)C2)c#cc1Cl. The Bertz CT molecular complexity index is 351. The van der Waals surface area contributed by atoms with E-state index in [9.17, 15) is 0 Å². The molecule has 15 heavy (non-hydrogen) atoms. The van der Waals surface area contributed by atoms with Gasteiger partial charge >= 0.3 is 0 Å². The summed E-state index contributed by atoms with van der Waals surface area (Å²) in [5.74, 6) is 0. The summed E-state index contributed by atoms with van der Waals surface area (Å²) in [7, 11) is 0. The first-order valence-corrected chi connectivity index (χ1v) is 5.63. The topological polar surface area (TPSA) is 15.3 Å². The number of nitrogens with one attached hydrogen (secondary N) is 1. The minimum Gasteiger partial charge on any atom is -0.362 e. The molecule has 1 aliphatic heterocycles. The zero-order chi connectivity index (χ0) is 10.8. The Morgan fingerprint density at radius 1 is 1.53 bits per heavy atom. The highest BCUT2D eigenvalue weighted by Crippen LogP contribution is 2.19. The lowest BCUT2D eigenvalue weighted by Crippen LogP contribution is -2.49. The maximum absolute atomic E-state index is 5.93. The van der Waals surface area contributed by atoms with Crippen LogP contribution < -0.4 is 10.2 Å². The van der Waals surface area contributed by atoms with Crippen molar-refractivity contribution in [3.63, 3.8) is 0 Å². The van der Waals surface area contributed by atoms with Crippen LogP contribution in [0, 0.1) is 19.1 Å². The van der Waals surface area contributed by atoms with Crippen LogP contribution in [0.4, 0.5) is 5.69 Å². The molecule has 3 heteroatoms. The first kappa shape index (κ1) is 10.6. The molecule has 2 rings (SSSR count). The van der Waals surface area contributed by atoms with E-state index in [0.717, 1.165) is 30.9 Å². The fraction of sp³-hybridized carbons (Fsp3) is 0.500. The third-order valence-electron chi connectivity index (χ3n) is 2.71. The maximum atomic E-state index is 5.93. The predicted octanol–water partition coefficient (Wildman–Crippen LogP) is 2.05. The lowest BCUT2D eigenvalue weighted by molar-refractivity contribution is 0.485. The molecule has 0 unspecified atom stereocenters. The van der Waals surface area contributed by atoms with Crippen molar-refractivity contribution in [2.24, 2.45) is 0 Å². The molecule has 0 bridgehead atoms. The third-order valence-corrected chi connectivity index (χ3v) is 3.10. The molecule has 1 aromatic carbocycles. The molecule has 1 aromatic rings. The lowest BCUT2D eigenvalue weighted by Gasteiger charge is -2.32. The number of aryl methyl sites for hydroxylation is 1. The van der Waals surface area contributed by atoms with Crippen molar-refractivity contribution in [1.29, 1.82) is 0 Å². The minimum absolute atomic E-state index is 0.531. The minimum atomic E-state index is 0.531. The van der Waals surface area contributed by atoms with Crippen LogP contribution in [0.25, 0.3) is 0 Å². The molecule has 1 aliphatic rings. The van der Waals surface area contributed by atoms with Crippen LogP contribution in [0.1, 0.15) is 12.5 Å². The molecule has 1 fully saturated rings. The Morgan fingerprint density at radius 2 is 2.33 bits per heavy atom. The largest absolute Gasteiger partial charge is 0.362 e. The van der Waals surface area contributed by atoms with Crippen molar-refractivity contribution in [2.75, 3.05) is 24.5 Å². The zero-order valence-corrected chi connectivity index (χ0v) is 9.86. The van der Waals surface area contributed by atoms with Crippen molar-refractivity contribution in [3.05, 3.63) is 28.8 Å². The molecule has 2 nitrogen and oxygen atoms in total. The number of hydrogen-bond donors (Lipinski definition) is 1.